The number of hydrogen-bond donors (Lipinski definition) is 3. The molecule has 7 rings (SSSR count). The van der Waals surface area contributed by atoms with E-state index in [-0.39, 0.29) is 12.1 Å². The molecule has 2 amide bonds. The van der Waals surface area contributed by atoms with E-state index in [4.69, 9.17) is 0 Å². The van der Waals surface area contributed by atoms with Gasteiger partial charge in [0.2, 0.25) is 0 Å². The van der Waals surface area contributed by atoms with Gasteiger partial charge in [0, 0.05) is 35.2 Å². The summed E-state index contributed by atoms with van der Waals surface area (Å²) < 4.78 is 0. The maximum absolute atomic E-state index is 14.7. The molecule has 45 heavy (non-hydrogen) atoms. The van der Waals surface area contributed by atoms with Crippen LogP contribution in [0.4, 0.5) is 4.79 Å². The Morgan fingerprint density at radius 2 is 1.18 bits per heavy atom. The molecule has 2 aromatic heterocycles. The molecule has 0 saturated carbocycles. The Morgan fingerprint density at radius 3 is 1.73 bits per heavy atom. The second-order valence-electron chi connectivity index (χ2n) is 12.3. The first-order valence-corrected chi connectivity index (χ1v) is 15.6. The van der Waals surface area contributed by atoms with Crippen molar-refractivity contribution in [2.75, 3.05) is 0 Å². The van der Waals surface area contributed by atoms with Gasteiger partial charge in [-0.05, 0) is 67.5 Å². The molecule has 4 aromatic carbocycles. The number of fused-ring (bicyclic) bond motifs is 2. The third kappa shape index (κ3) is 5.81. The quantitative estimate of drug-likeness (QED) is 0.178. The molecular weight excluding hydrogens is 560 g/mol. The number of urea groups is 1. The number of aliphatic hydroxyl groups is 1. The average Bonchev–Trinajstić information content (AvgIpc) is 3.63. The third-order valence-corrected chi connectivity index (χ3v) is 9.27. The number of hydrogen-bond acceptors (Lipinski definition) is 4. The fourth-order valence-corrected chi connectivity index (χ4v) is 6.79. The van der Waals surface area contributed by atoms with Crippen molar-refractivity contribution in [1.82, 2.24) is 30.2 Å². The summed E-state index contributed by atoms with van der Waals surface area (Å²) in [6.45, 7) is 4.76. The summed E-state index contributed by atoms with van der Waals surface area (Å²) in [4.78, 5) is 18.5. The monoisotopic (exact) mass is 598 g/mol. The van der Waals surface area contributed by atoms with Crippen LogP contribution in [0, 0.1) is 13.8 Å². The van der Waals surface area contributed by atoms with Crippen molar-refractivity contribution >= 4 is 27.8 Å². The molecule has 0 aliphatic carbocycles. The number of aromatic nitrogens is 4. The Hall–Kier alpha value is -4.95. The van der Waals surface area contributed by atoms with Gasteiger partial charge in [0.1, 0.15) is 0 Å². The fourth-order valence-electron chi connectivity index (χ4n) is 6.79. The number of aryl methyl sites for hydroxylation is 3. The summed E-state index contributed by atoms with van der Waals surface area (Å²) in [7, 11) is 0. The number of H-pyrrole nitrogens is 2. The van der Waals surface area contributed by atoms with Crippen LogP contribution in [0.15, 0.2) is 97.1 Å². The van der Waals surface area contributed by atoms with E-state index < -0.39 is 12.1 Å². The molecule has 0 bridgehead atoms. The van der Waals surface area contributed by atoms with E-state index in [1.165, 1.54) is 5.56 Å². The smallest absolute Gasteiger partial charge is 0.321 e. The highest BCUT2D eigenvalue weighted by Crippen LogP contribution is 2.32. The number of aliphatic hydroxyl groups excluding tert-OH is 1. The molecule has 8 nitrogen and oxygen atoms in total. The molecule has 6 aromatic rings. The molecule has 228 valence electrons. The molecule has 3 heterocycles. The van der Waals surface area contributed by atoms with Gasteiger partial charge in [-0.2, -0.15) is 10.2 Å². The Balaban J connectivity index is 1.26. The van der Waals surface area contributed by atoms with Crippen LogP contribution in [-0.4, -0.2) is 59.5 Å². The summed E-state index contributed by atoms with van der Waals surface area (Å²) in [6.07, 6.45) is 1.21. The number of nitrogens with one attached hydrogen (secondary N) is 2. The van der Waals surface area contributed by atoms with Crippen molar-refractivity contribution in [2.45, 2.75) is 64.4 Å². The molecule has 0 spiro atoms. The van der Waals surface area contributed by atoms with Gasteiger partial charge >= 0.3 is 6.03 Å². The normalized spacial score (nSPS) is 18.7. The molecule has 0 unspecified atom stereocenters. The summed E-state index contributed by atoms with van der Waals surface area (Å²) in [5.41, 5.74) is 8.01. The van der Waals surface area contributed by atoms with Crippen LogP contribution in [0.5, 0.6) is 0 Å². The van der Waals surface area contributed by atoms with Crippen molar-refractivity contribution in [2.24, 2.45) is 0 Å². The first kappa shape index (κ1) is 28.8. The minimum Gasteiger partial charge on any atom is -0.389 e. The van der Waals surface area contributed by atoms with Crippen LogP contribution in [0.3, 0.4) is 0 Å². The predicted octanol–water partition coefficient (Wildman–Crippen LogP) is 6.47. The van der Waals surface area contributed by atoms with Gasteiger partial charge < -0.3 is 14.9 Å². The zero-order valence-corrected chi connectivity index (χ0v) is 25.6. The van der Waals surface area contributed by atoms with E-state index >= 15 is 0 Å². The minimum atomic E-state index is -0.765. The van der Waals surface area contributed by atoms with Crippen molar-refractivity contribution in [1.29, 1.82) is 0 Å². The van der Waals surface area contributed by atoms with Gasteiger partial charge in [0.25, 0.3) is 0 Å². The van der Waals surface area contributed by atoms with Gasteiger partial charge in [-0.15, -0.1) is 0 Å². The lowest BCUT2D eigenvalue weighted by molar-refractivity contribution is -0.0453. The molecular formula is C37H38N6O2. The average molecular weight is 599 g/mol. The minimum absolute atomic E-state index is 0.0732. The molecule has 3 atom stereocenters. The largest absolute Gasteiger partial charge is 0.389 e. The summed E-state index contributed by atoms with van der Waals surface area (Å²) in [5, 5.41) is 29.4. The van der Waals surface area contributed by atoms with Gasteiger partial charge in [-0.25, -0.2) is 4.79 Å². The number of aromatic amines is 2. The first-order valence-electron chi connectivity index (χ1n) is 15.6. The molecule has 0 radical (unpaired) electrons. The second-order valence-corrected chi connectivity index (χ2v) is 12.3. The topological polar surface area (TPSA) is 101 Å². The van der Waals surface area contributed by atoms with E-state index in [1.54, 1.807) is 0 Å². The van der Waals surface area contributed by atoms with Gasteiger partial charge in [0.05, 0.1) is 29.2 Å². The van der Waals surface area contributed by atoms with Crippen molar-refractivity contribution in [3.05, 3.63) is 131 Å². The van der Waals surface area contributed by atoms with E-state index in [9.17, 15) is 9.90 Å². The number of amides is 2. The van der Waals surface area contributed by atoms with E-state index in [2.05, 4.69) is 68.9 Å². The van der Waals surface area contributed by atoms with E-state index in [0.29, 0.717) is 25.9 Å². The highest BCUT2D eigenvalue weighted by atomic mass is 16.3. The fraction of sp³-hybridized carbons (Fsp3) is 0.270. The van der Waals surface area contributed by atoms with Crippen LogP contribution in [0.2, 0.25) is 0 Å². The maximum atomic E-state index is 14.7. The lowest BCUT2D eigenvalue weighted by atomic mass is 9.88. The van der Waals surface area contributed by atoms with E-state index in [0.717, 1.165) is 56.3 Å². The van der Waals surface area contributed by atoms with Crippen LogP contribution in [0.25, 0.3) is 21.8 Å². The summed E-state index contributed by atoms with van der Waals surface area (Å²) in [6, 6.07) is 31.9. The summed E-state index contributed by atoms with van der Waals surface area (Å²) >= 11 is 0. The number of rotatable bonds is 9. The molecule has 1 fully saturated rings. The van der Waals surface area contributed by atoms with Crippen LogP contribution >= 0.6 is 0 Å². The first-order chi connectivity index (χ1) is 21.9. The Bertz CT molecular complexity index is 1930. The Kier molecular flexibility index (Phi) is 7.81. The predicted molar refractivity (Wildman–Crippen MR) is 177 cm³/mol. The molecule has 8 heteroatoms. The number of nitrogens with zero attached hydrogens (tertiary/aromatic N) is 4. The number of carbonyl (C=O) groups is 1. The lowest BCUT2D eigenvalue weighted by Crippen LogP contribution is -2.66. The van der Waals surface area contributed by atoms with E-state index in [1.807, 2.05) is 72.2 Å². The molecule has 1 aliphatic rings. The Morgan fingerprint density at radius 1 is 0.667 bits per heavy atom. The van der Waals surface area contributed by atoms with Gasteiger partial charge in [-0.3, -0.25) is 10.2 Å². The zero-order chi connectivity index (χ0) is 30.9. The summed E-state index contributed by atoms with van der Waals surface area (Å²) in [5.74, 6) is 0. The maximum Gasteiger partial charge on any atom is 0.321 e. The molecule has 3 N–H and O–H groups in total. The Labute approximate surface area is 262 Å². The van der Waals surface area contributed by atoms with Crippen LogP contribution in [-0.2, 0) is 25.9 Å². The van der Waals surface area contributed by atoms with Crippen LogP contribution < -0.4 is 0 Å². The second kappa shape index (κ2) is 12.2. The lowest BCUT2D eigenvalue weighted by Gasteiger charge is -2.49. The highest BCUT2D eigenvalue weighted by molar-refractivity contribution is 5.83. The van der Waals surface area contributed by atoms with Gasteiger partial charge in [0.15, 0.2) is 0 Å². The molecule has 1 saturated heterocycles. The zero-order valence-electron chi connectivity index (χ0n) is 25.6. The van der Waals surface area contributed by atoms with Crippen molar-refractivity contribution in [3.63, 3.8) is 0 Å². The van der Waals surface area contributed by atoms with Crippen molar-refractivity contribution < 1.29 is 9.90 Å². The van der Waals surface area contributed by atoms with Crippen molar-refractivity contribution in [3.8, 4) is 0 Å². The highest BCUT2D eigenvalue weighted by Gasteiger charge is 2.45. The standard InChI is InChI=1S/C37H38N6O2/c1-24-30-16-13-28(19-32(30)40-38-24)22-42-34(18-15-26-9-5-3-6-10-26)36(44)35(21-27-11-7-4-8-12-27)43(37(42)45)23-29-14-17-31-25(2)39-41-33(31)20-29/h3-14,16-17,19-20,34-36,44H,15,18,21-23H2,1-2H3,(H,38,40)(H,39,41)/t34-,35-,36-/m1/s1. The van der Waals surface area contributed by atoms with Crippen LogP contribution in [0.1, 0.15) is 40.1 Å². The third-order valence-electron chi connectivity index (χ3n) is 9.27. The SMILES string of the molecule is Cc1[nH]nc2cc(CN3C(=O)N(Cc4ccc5c(C)[nH]nc5c4)[C@H](Cc4ccccc4)[C@H](O)[C@H]3CCc3ccccc3)ccc12. The number of carbonyl (C=O) groups excluding carboxylic acids is 1. The number of benzene rings is 4. The van der Waals surface area contributed by atoms with Gasteiger partial charge in [-0.1, -0.05) is 84.9 Å². The molecule has 1 aliphatic heterocycles.